The Labute approximate surface area is 234 Å². The number of carbonyl (C=O) groups is 4. The minimum absolute atomic E-state index is 0.00360. The largest absolute Gasteiger partial charge is 0.463 e. The van der Waals surface area contributed by atoms with Gasteiger partial charge in [-0.1, -0.05) is 66.7 Å². The molecule has 2 aromatic carbocycles. The number of fused-ring (bicyclic) bond motifs is 1. The number of benzene rings is 2. The first-order valence-corrected chi connectivity index (χ1v) is 13.7. The molecular weight excluding hydrogens is 512 g/mol. The van der Waals surface area contributed by atoms with Gasteiger partial charge in [-0.05, 0) is 42.4 Å². The van der Waals surface area contributed by atoms with Crippen molar-refractivity contribution in [3.05, 3.63) is 83.4 Å². The van der Waals surface area contributed by atoms with Crippen LogP contribution in [0.25, 0.3) is 0 Å². The van der Waals surface area contributed by atoms with E-state index in [1.165, 1.54) is 0 Å². The number of amides is 2. The van der Waals surface area contributed by atoms with Crippen LogP contribution < -0.4 is 5.32 Å². The summed E-state index contributed by atoms with van der Waals surface area (Å²) in [6.07, 6.45) is 5.81. The van der Waals surface area contributed by atoms with E-state index in [4.69, 9.17) is 9.47 Å². The number of nitrogens with zero attached hydrogens (tertiary/aromatic N) is 1. The Morgan fingerprint density at radius 1 is 1.02 bits per heavy atom. The normalized spacial score (nSPS) is 22.0. The fraction of sp³-hybridized carbons (Fsp3) is 0.419. The molecule has 2 heterocycles. The highest BCUT2D eigenvalue weighted by Crippen LogP contribution is 2.25. The molecule has 0 aliphatic carbocycles. The summed E-state index contributed by atoms with van der Waals surface area (Å²) in [5, 5.41) is 12.7. The first-order chi connectivity index (χ1) is 19.4. The molecule has 0 aromatic heterocycles. The molecule has 9 nitrogen and oxygen atoms in total. The van der Waals surface area contributed by atoms with Gasteiger partial charge in [0.15, 0.2) is 6.04 Å². The van der Waals surface area contributed by atoms with Crippen molar-refractivity contribution in [3.63, 3.8) is 0 Å². The van der Waals surface area contributed by atoms with Crippen LogP contribution in [-0.2, 0) is 48.2 Å². The van der Waals surface area contributed by atoms with Crippen molar-refractivity contribution in [2.45, 2.75) is 63.8 Å². The maximum atomic E-state index is 13.5. The van der Waals surface area contributed by atoms with Gasteiger partial charge >= 0.3 is 11.9 Å². The molecule has 2 aliphatic rings. The lowest BCUT2D eigenvalue weighted by molar-refractivity contribution is -0.155. The number of allylic oxidation sites excluding steroid dienone is 2. The Morgan fingerprint density at radius 2 is 1.77 bits per heavy atom. The van der Waals surface area contributed by atoms with Crippen LogP contribution in [0, 0.1) is 5.92 Å². The fourth-order valence-electron chi connectivity index (χ4n) is 4.93. The number of carbonyl (C=O) groups excluding carboxylic acids is 4. The Kier molecular flexibility index (Phi) is 10.5. The zero-order valence-electron chi connectivity index (χ0n) is 22.5. The summed E-state index contributed by atoms with van der Waals surface area (Å²) in [4.78, 5) is 53.7. The molecule has 2 N–H and O–H groups in total. The van der Waals surface area contributed by atoms with Gasteiger partial charge in [-0.25, -0.2) is 4.79 Å². The summed E-state index contributed by atoms with van der Waals surface area (Å²) in [5.41, 5.74) is 2.89. The van der Waals surface area contributed by atoms with Crippen molar-refractivity contribution in [3.8, 4) is 0 Å². The maximum absolute atomic E-state index is 13.5. The second-order valence-electron chi connectivity index (χ2n) is 10.2. The van der Waals surface area contributed by atoms with Crippen LogP contribution in [0.5, 0.6) is 0 Å². The predicted molar refractivity (Wildman–Crippen MR) is 146 cm³/mol. The van der Waals surface area contributed by atoms with Crippen LogP contribution in [0.1, 0.15) is 48.8 Å². The van der Waals surface area contributed by atoms with Crippen molar-refractivity contribution >= 4 is 23.8 Å². The van der Waals surface area contributed by atoms with Gasteiger partial charge in [-0.2, -0.15) is 0 Å². The molecule has 0 fully saturated rings. The first-order valence-electron chi connectivity index (χ1n) is 13.7. The molecular formula is C31H36N2O7. The van der Waals surface area contributed by atoms with E-state index >= 15 is 0 Å². The monoisotopic (exact) mass is 548 g/mol. The van der Waals surface area contributed by atoms with E-state index in [0.717, 1.165) is 16.7 Å². The quantitative estimate of drug-likeness (QED) is 0.421. The number of aliphatic hydroxyl groups is 1. The Balaban J connectivity index is 1.47. The molecule has 0 spiro atoms. The molecule has 2 aromatic rings. The van der Waals surface area contributed by atoms with Crippen LogP contribution in [0.15, 0.2) is 66.7 Å². The van der Waals surface area contributed by atoms with Gasteiger partial charge in [0.05, 0.1) is 18.6 Å². The molecule has 212 valence electrons. The third-order valence-corrected chi connectivity index (χ3v) is 7.25. The van der Waals surface area contributed by atoms with Crippen LogP contribution in [0.3, 0.4) is 0 Å². The second kappa shape index (κ2) is 14.4. The summed E-state index contributed by atoms with van der Waals surface area (Å²) in [6, 6.07) is 15.3. The molecule has 3 atom stereocenters. The van der Waals surface area contributed by atoms with E-state index in [0.29, 0.717) is 25.8 Å². The van der Waals surface area contributed by atoms with Crippen LogP contribution in [0.2, 0.25) is 0 Å². The zero-order chi connectivity index (χ0) is 28.3. The van der Waals surface area contributed by atoms with Gasteiger partial charge in [0.1, 0.15) is 13.2 Å². The standard InChI is InChI=1S/C31H36N2O7/c34-19-26-16-23-12-8-9-14-25(23)18-33(26)28(35)17-24-13-6-1-2-7-15-29(36)39-21-27(32-30(24)37)31(38)40-20-22-10-4-3-5-11-22/h1,3-6,8-12,14,24,26-27,34H,2,7,13,15-21H2,(H,32,37). The molecule has 0 radical (unpaired) electrons. The molecule has 4 rings (SSSR count). The number of hydrogen-bond acceptors (Lipinski definition) is 7. The van der Waals surface area contributed by atoms with Crippen LogP contribution >= 0.6 is 0 Å². The Hall–Kier alpha value is -3.98. The van der Waals surface area contributed by atoms with Gasteiger partial charge in [0.25, 0.3) is 0 Å². The number of cyclic esters (lactones) is 1. The van der Waals surface area contributed by atoms with Gasteiger partial charge < -0.3 is 24.8 Å². The van der Waals surface area contributed by atoms with E-state index in [2.05, 4.69) is 5.32 Å². The Morgan fingerprint density at radius 3 is 2.55 bits per heavy atom. The summed E-state index contributed by atoms with van der Waals surface area (Å²) in [7, 11) is 0. The second-order valence-corrected chi connectivity index (χ2v) is 10.2. The molecule has 2 aliphatic heterocycles. The third-order valence-electron chi connectivity index (χ3n) is 7.25. The fourth-order valence-corrected chi connectivity index (χ4v) is 4.93. The van der Waals surface area contributed by atoms with E-state index in [-0.39, 0.29) is 51.0 Å². The van der Waals surface area contributed by atoms with Gasteiger partial charge in [-0.3, -0.25) is 14.4 Å². The summed E-state index contributed by atoms with van der Waals surface area (Å²) in [5.74, 6) is -2.71. The molecule has 0 saturated carbocycles. The van der Waals surface area contributed by atoms with E-state index in [1.54, 1.807) is 4.90 Å². The highest BCUT2D eigenvalue weighted by molar-refractivity contribution is 5.89. The number of esters is 2. The van der Waals surface area contributed by atoms with Crippen molar-refractivity contribution < 1.29 is 33.8 Å². The van der Waals surface area contributed by atoms with Gasteiger partial charge in [-0.15, -0.1) is 0 Å². The van der Waals surface area contributed by atoms with E-state index in [1.807, 2.05) is 66.7 Å². The van der Waals surface area contributed by atoms with Gasteiger partial charge in [0, 0.05) is 19.4 Å². The number of aliphatic hydroxyl groups excluding tert-OH is 1. The lowest BCUT2D eigenvalue weighted by Crippen LogP contribution is -2.50. The lowest BCUT2D eigenvalue weighted by Gasteiger charge is -2.36. The van der Waals surface area contributed by atoms with Crippen molar-refractivity contribution in [1.82, 2.24) is 10.2 Å². The van der Waals surface area contributed by atoms with E-state index in [9.17, 15) is 24.3 Å². The Bertz CT molecular complexity index is 1210. The van der Waals surface area contributed by atoms with E-state index < -0.39 is 29.8 Å². The van der Waals surface area contributed by atoms with Crippen LogP contribution in [-0.4, -0.2) is 59.1 Å². The smallest absolute Gasteiger partial charge is 0.332 e. The molecule has 0 saturated heterocycles. The maximum Gasteiger partial charge on any atom is 0.332 e. The summed E-state index contributed by atoms with van der Waals surface area (Å²) < 4.78 is 10.7. The average Bonchev–Trinajstić information content (AvgIpc) is 2.99. The minimum Gasteiger partial charge on any atom is -0.463 e. The first kappa shape index (κ1) is 29.0. The number of nitrogens with one attached hydrogen (secondary N) is 1. The molecule has 2 amide bonds. The average molecular weight is 549 g/mol. The number of ether oxygens (including phenoxy) is 2. The molecule has 0 bridgehead atoms. The highest BCUT2D eigenvalue weighted by atomic mass is 16.6. The van der Waals surface area contributed by atoms with Gasteiger partial charge in [0.2, 0.25) is 11.8 Å². The SMILES string of the molecule is O=C1CCCC=CCC(CC(=O)N2Cc3ccccc3CC2CO)C(=O)NC(C(=O)OCc2ccccc2)CO1. The number of hydrogen-bond donors (Lipinski definition) is 2. The third kappa shape index (κ3) is 8.02. The highest BCUT2D eigenvalue weighted by Gasteiger charge is 2.33. The topological polar surface area (TPSA) is 122 Å². The predicted octanol–water partition coefficient (Wildman–Crippen LogP) is 2.84. The zero-order valence-corrected chi connectivity index (χ0v) is 22.5. The molecule has 9 heteroatoms. The molecule has 40 heavy (non-hydrogen) atoms. The van der Waals surface area contributed by atoms with Crippen molar-refractivity contribution in [2.75, 3.05) is 13.2 Å². The number of rotatable bonds is 6. The van der Waals surface area contributed by atoms with Crippen molar-refractivity contribution in [2.24, 2.45) is 5.92 Å². The molecule has 3 unspecified atom stereocenters. The van der Waals surface area contributed by atoms with Crippen molar-refractivity contribution in [1.29, 1.82) is 0 Å². The van der Waals surface area contributed by atoms with Crippen LogP contribution in [0.4, 0.5) is 0 Å². The minimum atomic E-state index is -1.21. The summed E-state index contributed by atoms with van der Waals surface area (Å²) in [6.45, 7) is -0.183. The summed E-state index contributed by atoms with van der Waals surface area (Å²) >= 11 is 0. The lowest BCUT2D eigenvalue weighted by atomic mass is 9.92.